The fourth-order valence-electron chi connectivity index (χ4n) is 3.29. The van der Waals surface area contributed by atoms with Crippen LogP contribution in [0.3, 0.4) is 0 Å². The second-order valence-electron chi connectivity index (χ2n) is 6.81. The summed E-state index contributed by atoms with van der Waals surface area (Å²) in [6.07, 6.45) is 0.733. The minimum Gasteiger partial charge on any atom is -0.322 e. The molecule has 0 radical (unpaired) electrons. The highest BCUT2D eigenvalue weighted by Crippen LogP contribution is 2.34. The Morgan fingerprint density at radius 3 is 2.71 bits per heavy atom. The average molecular weight is 466 g/mol. The van der Waals surface area contributed by atoms with Crippen LogP contribution in [0.1, 0.15) is 12.8 Å². The van der Waals surface area contributed by atoms with Crippen molar-refractivity contribution in [1.29, 1.82) is 0 Å². The molecule has 162 valence electrons. The molecule has 1 aliphatic rings. The topological polar surface area (TPSA) is 112 Å². The van der Waals surface area contributed by atoms with E-state index in [1.807, 2.05) is 0 Å². The first kappa shape index (κ1) is 21.3. The minimum atomic E-state index is -4.00. The second kappa shape index (κ2) is 8.29. The third-order valence-corrected chi connectivity index (χ3v) is 8.25. The van der Waals surface area contributed by atoms with Crippen LogP contribution >= 0.6 is 11.3 Å². The first-order chi connectivity index (χ1) is 14.8. The summed E-state index contributed by atoms with van der Waals surface area (Å²) in [5.74, 6) is -2.42. The lowest BCUT2D eigenvalue weighted by Gasteiger charge is -2.22. The van der Waals surface area contributed by atoms with Gasteiger partial charge in [-0.05, 0) is 43.2 Å². The van der Waals surface area contributed by atoms with Gasteiger partial charge >= 0.3 is 0 Å². The predicted molar refractivity (Wildman–Crippen MR) is 110 cm³/mol. The summed E-state index contributed by atoms with van der Waals surface area (Å²) in [6, 6.07) is 7.43. The Morgan fingerprint density at radius 1 is 1.19 bits per heavy atom. The third kappa shape index (κ3) is 4.27. The summed E-state index contributed by atoms with van der Waals surface area (Å²) in [7, 11) is -4.00. The summed E-state index contributed by atoms with van der Waals surface area (Å²) < 4.78 is 54.4. The van der Waals surface area contributed by atoms with Crippen molar-refractivity contribution in [2.45, 2.75) is 23.1 Å². The molecule has 3 heterocycles. The Hall–Kier alpha value is -2.96. The number of aromatic amines is 1. The monoisotopic (exact) mass is 466 g/mol. The summed E-state index contributed by atoms with van der Waals surface area (Å²) in [4.78, 5) is 24.4. The predicted octanol–water partition coefficient (Wildman–Crippen LogP) is 2.57. The number of sulfonamides is 1. The van der Waals surface area contributed by atoms with Gasteiger partial charge in [0.05, 0.1) is 10.6 Å². The van der Waals surface area contributed by atoms with Crippen LogP contribution in [-0.4, -0.2) is 41.4 Å². The van der Waals surface area contributed by atoms with Gasteiger partial charge in [0.15, 0.2) is 0 Å². The molecule has 1 aliphatic heterocycles. The number of carbonyl (C=O) groups is 1. The summed E-state index contributed by atoms with van der Waals surface area (Å²) in [5, 5.41) is 8.52. The summed E-state index contributed by atoms with van der Waals surface area (Å²) in [6.45, 7) is 0.135. The normalized spacial score (nSPS) is 17.0. The number of H-pyrrole nitrogens is 1. The molecule has 1 saturated heterocycles. The molecule has 12 heteroatoms. The number of benzene rings is 1. The number of rotatable bonds is 5. The zero-order valence-electron chi connectivity index (χ0n) is 15.8. The largest absolute Gasteiger partial charge is 0.322 e. The molecule has 8 nitrogen and oxygen atoms in total. The van der Waals surface area contributed by atoms with E-state index >= 15 is 0 Å². The van der Waals surface area contributed by atoms with Gasteiger partial charge in [-0.1, -0.05) is 0 Å². The van der Waals surface area contributed by atoms with Crippen molar-refractivity contribution in [2.75, 3.05) is 11.9 Å². The van der Waals surface area contributed by atoms with E-state index in [0.29, 0.717) is 23.1 Å². The van der Waals surface area contributed by atoms with Gasteiger partial charge in [-0.2, -0.15) is 9.40 Å². The highest BCUT2D eigenvalue weighted by molar-refractivity contribution is 7.91. The highest BCUT2D eigenvalue weighted by Gasteiger charge is 2.40. The van der Waals surface area contributed by atoms with Crippen LogP contribution < -0.4 is 10.9 Å². The zero-order valence-corrected chi connectivity index (χ0v) is 17.5. The van der Waals surface area contributed by atoms with Crippen LogP contribution in [0.25, 0.3) is 10.6 Å². The molecule has 3 aromatic rings. The fourth-order valence-corrected chi connectivity index (χ4v) is 6.35. The SMILES string of the molecule is O=C(Nc1ccc(F)cc1F)[C@H]1CCCN1S(=O)(=O)c1ccc(-c2ccc(=O)[nH]n2)s1. The van der Waals surface area contributed by atoms with E-state index in [4.69, 9.17) is 0 Å². The number of carbonyl (C=O) groups excluding carboxylic acids is 1. The minimum absolute atomic E-state index is 0.0168. The Balaban J connectivity index is 1.56. The van der Waals surface area contributed by atoms with Crippen molar-refractivity contribution >= 4 is 33.0 Å². The van der Waals surface area contributed by atoms with Crippen LogP contribution in [-0.2, 0) is 14.8 Å². The standard InChI is InChI=1S/C19H16F2N4O4S2/c20-11-3-4-13(12(21)10-11)22-19(27)15-2-1-9-25(15)31(28,29)18-8-6-16(30-18)14-5-7-17(26)24-23-14/h3-8,10,15H,1-2,9H2,(H,22,27)(H,24,26)/t15-/m1/s1. The number of halogens is 2. The Morgan fingerprint density at radius 2 is 2.00 bits per heavy atom. The van der Waals surface area contributed by atoms with Crippen molar-refractivity contribution in [3.8, 4) is 10.6 Å². The lowest BCUT2D eigenvalue weighted by molar-refractivity contribution is -0.119. The molecule has 1 aromatic carbocycles. The van der Waals surface area contributed by atoms with E-state index in [1.165, 1.54) is 18.2 Å². The fraction of sp³-hybridized carbons (Fsp3) is 0.211. The number of amides is 1. The van der Waals surface area contributed by atoms with Gasteiger partial charge in [0.2, 0.25) is 5.91 Å². The molecule has 1 fully saturated rings. The number of nitrogens with zero attached hydrogens (tertiary/aromatic N) is 2. The van der Waals surface area contributed by atoms with Gasteiger partial charge in [0.1, 0.15) is 27.6 Å². The van der Waals surface area contributed by atoms with Crippen molar-refractivity contribution in [2.24, 2.45) is 0 Å². The summed E-state index contributed by atoms with van der Waals surface area (Å²) >= 11 is 0.960. The number of aromatic nitrogens is 2. The molecule has 31 heavy (non-hydrogen) atoms. The summed E-state index contributed by atoms with van der Waals surface area (Å²) in [5.41, 5.74) is -0.191. The van der Waals surface area contributed by atoms with Crippen molar-refractivity contribution in [3.05, 3.63) is 64.5 Å². The Bertz CT molecular complexity index is 1290. The molecule has 0 spiro atoms. The maximum atomic E-state index is 13.9. The molecule has 0 saturated carbocycles. The molecule has 0 aliphatic carbocycles. The molecule has 1 atom stereocenters. The Labute approximate surface area is 179 Å². The van der Waals surface area contributed by atoms with Crippen LogP contribution in [0, 0.1) is 11.6 Å². The molecule has 0 bridgehead atoms. The number of thiophene rings is 1. The second-order valence-corrected chi connectivity index (χ2v) is 10.0. The third-order valence-electron chi connectivity index (χ3n) is 4.77. The van der Waals surface area contributed by atoms with Crippen molar-refractivity contribution in [3.63, 3.8) is 0 Å². The van der Waals surface area contributed by atoms with Gasteiger partial charge in [-0.25, -0.2) is 22.3 Å². The molecule has 1 amide bonds. The first-order valence-corrected chi connectivity index (χ1v) is 11.4. The molecular weight excluding hydrogens is 450 g/mol. The highest BCUT2D eigenvalue weighted by atomic mass is 32.2. The smallest absolute Gasteiger partial charge is 0.264 e. The van der Waals surface area contributed by atoms with Crippen LogP contribution in [0.15, 0.2) is 51.5 Å². The van der Waals surface area contributed by atoms with E-state index in [2.05, 4.69) is 15.5 Å². The lowest BCUT2D eigenvalue weighted by Crippen LogP contribution is -2.43. The average Bonchev–Trinajstić information content (AvgIpc) is 3.41. The van der Waals surface area contributed by atoms with Gasteiger partial charge < -0.3 is 5.32 Å². The van der Waals surface area contributed by atoms with Crippen LogP contribution in [0.2, 0.25) is 0 Å². The van der Waals surface area contributed by atoms with Gasteiger partial charge in [-0.15, -0.1) is 11.3 Å². The molecule has 0 unspecified atom stereocenters. The van der Waals surface area contributed by atoms with E-state index in [1.54, 1.807) is 6.07 Å². The van der Waals surface area contributed by atoms with Gasteiger partial charge in [-0.3, -0.25) is 9.59 Å². The number of anilines is 1. The molecular formula is C19H16F2N4O4S2. The zero-order chi connectivity index (χ0) is 22.2. The first-order valence-electron chi connectivity index (χ1n) is 9.19. The number of nitrogens with one attached hydrogen (secondary N) is 2. The lowest BCUT2D eigenvalue weighted by atomic mass is 10.2. The van der Waals surface area contributed by atoms with Gasteiger partial charge in [0, 0.05) is 18.7 Å². The maximum Gasteiger partial charge on any atom is 0.264 e. The van der Waals surface area contributed by atoms with E-state index in [0.717, 1.165) is 27.8 Å². The van der Waals surface area contributed by atoms with E-state index in [9.17, 15) is 26.8 Å². The van der Waals surface area contributed by atoms with E-state index < -0.39 is 33.6 Å². The van der Waals surface area contributed by atoms with Crippen LogP contribution in [0.5, 0.6) is 0 Å². The van der Waals surface area contributed by atoms with Crippen molar-refractivity contribution in [1.82, 2.24) is 14.5 Å². The van der Waals surface area contributed by atoms with Gasteiger partial charge in [0.25, 0.3) is 15.6 Å². The van der Waals surface area contributed by atoms with Crippen molar-refractivity contribution < 1.29 is 22.0 Å². The van der Waals surface area contributed by atoms with E-state index in [-0.39, 0.29) is 28.4 Å². The maximum absolute atomic E-state index is 13.9. The molecule has 2 N–H and O–H groups in total. The molecule has 4 rings (SSSR count). The number of hydrogen-bond donors (Lipinski definition) is 2. The molecule has 2 aromatic heterocycles. The van der Waals surface area contributed by atoms with Crippen LogP contribution in [0.4, 0.5) is 14.5 Å². The quantitative estimate of drug-likeness (QED) is 0.600. The Kier molecular flexibility index (Phi) is 5.69. The number of hydrogen-bond acceptors (Lipinski definition) is 6.